The van der Waals surface area contributed by atoms with Crippen LogP contribution < -0.4 is 10.5 Å². The van der Waals surface area contributed by atoms with E-state index in [4.69, 9.17) is 0 Å². The molecular weight excluding hydrogens is 298 g/mol. The van der Waals surface area contributed by atoms with Gasteiger partial charge < -0.3 is 4.90 Å². The standard InChI is InChI=1S/C20H19N3O/c1-14-2-5-18(21-11-14)23-7-6-17(8-19(23)24)22-12-20(13-22)9-15-3-4-16(15)10-20/h2-8,11H,9-10,12-13H2,1H3. The van der Waals surface area contributed by atoms with Crippen LogP contribution >= 0.6 is 0 Å². The number of aryl methyl sites for hydroxylation is 1. The van der Waals surface area contributed by atoms with E-state index in [0.29, 0.717) is 11.2 Å². The second-order valence-electron chi connectivity index (χ2n) is 7.38. The number of allylic oxidation sites excluding steroid dienone is 4. The summed E-state index contributed by atoms with van der Waals surface area (Å²) in [6.45, 7) is 4.09. The molecule has 5 rings (SSSR count). The number of hydrogen-bond acceptors (Lipinski definition) is 3. The predicted octanol–water partition coefficient (Wildman–Crippen LogP) is 3.01. The van der Waals surface area contributed by atoms with Gasteiger partial charge in [-0.3, -0.25) is 9.36 Å². The minimum atomic E-state index is -0.0262. The minimum absolute atomic E-state index is 0.0262. The first kappa shape index (κ1) is 13.8. The van der Waals surface area contributed by atoms with Crippen LogP contribution in [0.25, 0.3) is 5.82 Å². The van der Waals surface area contributed by atoms with Crippen molar-refractivity contribution >= 4 is 5.69 Å². The molecule has 0 saturated carbocycles. The third kappa shape index (κ3) is 1.99. The van der Waals surface area contributed by atoms with Crippen LogP contribution in [0.3, 0.4) is 0 Å². The molecule has 0 unspecified atom stereocenters. The normalized spacial score (nSPS) is 20.1. The van der Waals surface area contributed by atoms with Crippen LogP contribution in [0.1, 0.15) is 18.4 Å². The Morgan fingerprint density at radius 2 is 1.83 bits per heavy atom. The maximum Gasteiger partial charge on any atom is 0.258 e. The lowest BCUT2D eigenvalue weighted by atomic mass is 9.76. The third-order valence-corrected chi connectivity index (χ3v) is 5.49. The van der Waals surface area contributed by atoms with Crippen LogP contribution in [0, 0.1) is 12.3 Å². The highest BCUT2D eigenvalue weighted by Crippen LogP contribution is 2.52. The van der Waals surface area contributed by atoms with E-state index in [1.807, 2.05) is 31.3 Å². The zero-order chi connectivity index (χ0) is 16.3. The zero-order valence-corrected chi connectivity index (χ0v) is 13.7. The van der Waals surface area contributed by atoms with Gasteiger partial charge >= 0.3 is 0 Å². The van der Waals surface area contributed by atoms with Gasteiger partial charge in [-0.2, -0.15) is 0 Å². The van der Waals surface area contributed by atoms with Crippen molar-refractivity contribution in [1.82, 2.24) is 9.55 Å². The highest BCUT2D eigenvalue weighted by molar-refractivity contribution is 5.55. The Morgan fingerprint density at radius 3 is 2.42 bits per heavy atom. The first-order chi connectivity index (χ1) is 11.6. The highest BCUT2D eigenvalue weighted by atomic mass is 16.1. The molecule has 0 bridgehead atoms. The Hall–Kier alpha value is -2.62. The molecule has 2 aliphatic carbocycles. The fourth-order valence-electron chi connectivity index (χ4n) is 4.16. The molecule has 3 heterocycles. The number of pyridine rings is 2. The molecule has 24 heavy (non-hydrogen) atoms. The summed E-state index contributed by atoms with van der Waals surface area (Å²) in [6, 6.07) is 7.61. The van der Waals surface area contributed by atoms with E-state index in [1.165, 1.54) is 12.8 Å². The number of anilines is 1. The van der Waals surface area contributed by atoms with E-state index in [-0.39, 0.29) is 5.56 Å². The van der Waals surface area contributed by atoms with Crippen LogP contribution in [0.4, 0.5) is 5.69 Å². The molecule has 0 amide bonds. The maximum absolute atomic E-state index is 12.5. The second-order valence-corrected chi connectivity index (χ2v) is 7.38. The van der Waals surface area contributed by atoms with Crippen molar-refractivity contribution in [1.29, 1.82) is 0 Å². The van der Waals surface area contributed by atoms with Gasteiger partial charge in [-0.1, -0.05) is 18.2 Å². The maximum atomic E-state index is 12.5. The Bertz CT molecular complexity index is 924. The van der Waals surface area contributed by atoms with E-state index in [0.717, 1.165) is 24.3 Å². The zero-order valence-electron chi connectivity index (χ0n) is 13.7. The van der Waals surface area contributed by atoms with E-state index < -0.39 is 0 Å². The van der Waals surface area contributed by atoms with E-state index in [1.54, 1.807) is 28.0 Å². The Morgan fingerprint density at radius 1 is 1.08 bits per heavy atom. The number of aromatic nitrogens is 2. The molecule has 2 aromatic rings. The largest absolute Gasteiger partial charge is 0.370 e. The van der Waals surface area contributed by atoms with Crippen LogP contribution in [-0.2, 0) is 0 Å². The molecule has 120 valence electrons. The fraction of sp³-hybridized carbons (Fsp3) is 0.300. The summed E-state index contributed by atoms with van der Waals surface area (Å²) in [5.74, 6) is 0.670. The van der Waals surface area contributed by atoms with Crippen molar-refractivity contribution in [3.8, 4) is 5.82 Å². The molecule has 1 saturated heterocycles. The van der Waals surface area contributed by atoms with Gasteiger partial charge in [0.15, 0.2) is 0 Å². The lowest BCUT2D eigenvalue weighted by molar-refractivity contribution is 0.229. The van der Waals surface area contributed by atoms with E-state index in [2.05, 4.69) is 22.0 Å². The van der Waals surface area contributed by atoms with E-state index >= 15 is 0 Å². The molecule has 4 heteroatoms. The molecular formula is C20H19N3O. The number of nitrogens with zero attached hydrogens (tertiary/aromatic N) is 3. The minimum Gasteiger partial charge on any atom is -0.370 e. The van der Waals surface area contributed by atoms with Gasteiger partial charge in [0, 0.05) is 42.7 Å². The average Bonchev–Trinajstić information content (AvgIpc) is 2.79. The summed E-state index contributed by atoms with van der Waals surface area (Å²) in [5.41, 5.74) is 5.61. The van der Waals surface area contributed by atoms with Gasteiger partial charge in [0.2, 0.25) is 0 Å². The van der Waals surface area contributed by atoms with Crippen molar-refractivity contribution < 1.29 is 0 Å². The molecule has 4 nitrogen and oxygen atoms in total. The predicted molar refractivity (Wildman–Crippen MR) is 94.6 cm³/mol. The Labute approximate surface area is 140 Å². The average molecular weight is 317 g/mol. The summed E-state index contributed by atoms with van der Waals surface area (Å²) in [5, 5.41) is 0. The number of rotatable bonds is 2. The summed E-state index contributed by atoms with van der Waals surface area (Å²) in [7, 11) is 0. The third-order valence-electron chi connectivity index (χ3n) is 5.49. The van der Waals surface area contributed by atoms with Crippen molar-refractivity contribution in [2.75, 3.05) is 18.0 Å². The molecule has 0 aromatic carbocycles. The SMILES string of the molecule is Cc1ccc(-n2ccc(N3CC4(CC5=C(C=C5)C4)C3)cc2=O)nc1. The smallest absolute Gasteiger partial charge is 0.258 e. The van der Waals surface area contributed by atoms with Gasteiger partial charge in [0.1, 0.15) is 5.82 Å². The van der Waals surface area contributed by atoms with Crippen molar-refractivity contribution in [3.63, 3.8) is 0 Å². The van der Waals surface area contributed by atoms with Crippen LogP contribution in [0.15, 0.2) is 64.8 Å². The van der Waals surface area contributed by atoms with Gasteiger partial charge in [-0.05, 0) is 48.6 Å². The molecule has 1 spiro atoms. The molecule has 1 aliphatic heterocycles. The van der Waals surface area contributed by atoms with Crippen LogP contribution in [0.5, 0.6) is 0 Å². The monoisotopic (exact) mass is 317 g/mol. The topological polar surface area (TPSA) is 38.1 Å². The van der Waals surface area contributed by atoms with Gasteiger partial charge in [-0.15, -0.1) is 0 Å². The molecule has 2 aromatic heterocycles. The van der Waals surface area contributed by atoms with Crippen molar-refractivity contribution in [3.05, 3.63) is 75.9 Å². The highest BCUT2D eigenvalue weighted by Gasteiger charge is 2.48. The number of hydrogen-bond donors (Lipinski definition) is 0. The van der Waals surface area contributed by atoms with Crippen molar-refractivity contribution in [2.45, 2.75) is 19.8 Å². The lowest BCUT2D eigenvalue weighted by Crippen LogP contribution is -2.55. The Kier molecular flexibility index (Phi) is 2.70. The quantitative estimate of drug-likeness (QED) is 0.854. The van der Waals surface area contributed by atoms with Crippen molar-refractivity contribution in [2.24, 2.45) is 5.41 Å². The van der Waals surface area contributed by atoms with Crippen LogP contribution in [0.2, 0.25) is 0 Å². The summed E-state index contributed by atoms with van der Waals surface area (Å²) < 4.78 is 1.60. The van der Waals surface area contributed by atoms with Gasteiger partial charge in [0.05, 0.1) is 0 Å². The lowest BCUT2D eigenvalue weighted by Gasteiger charge is -2.49. The van der Waals surface area contributed by atoms with Gasteiger partial charge in [-0.25, -0.2) is 4.98 Å². The molecule has 0 radical (unpaired) electrons. The van der Waals surface area contributed by atoms with E-state index in [9.17, 15) is 4.79 Å². The first-order valence-electron chi connectivity index (χ1n) is 8.43. The summed E-state index contributed by atoms with van der Waals surface area (Å²) >= 11 is 0. The molecule has 1 fully saturated rings. The first-order valence-corrected chi connectivity index (χ1v) is 8.43. The molecule has 3 aliphatic rings. The molecule has 0 atom stereocenters. The van der Waals surface area contributed by atoms with Gasteiger partial charge in [0.25, 0.3) is 5.56 Å². The Balaban J connectivity index is 1.35. The summed E-state index contributed by atoms with van der Waals surface area (Å²) in [4.78, 5) is 19.1. The second kappa shape index (κ2) is 4.69. The summed E-state index contributed by atoms with van der Waals surface area (Å²) in [6.07, 6.45) is 10.5. The van der Waals surface area contributed by atoms with Crippen LogP contribution in [-0.4, -0.2) is 22.6 Å². The fourth-order valence-corrected chi connectivity index (χ4v) is 4.16. The molecule has 0 N–H and O–H groups in total.